The minimum absolute atomic E-state index is 0.0651. The van der Waals surface area contributed by atoms with Crippen LogP contribution in [0, 0.1) is 5.92 Å². The average Bonchev–Trinajstić information content (AvgIpc) is 2.92. The van der Waals surface area contributed by atoms with Crippen molar-refractivity contribution in [3.63, 3.8) is 0 Å². The van der Waals surface area contributed by atoms with Crippen molar-refractivity contribution in [1.82, 2.24) is 14.9 Å². The predicted molar refractivity (Wildman–Crippen MR) is 79.1 cm³/mol. The first-order valence-electron chi connectivity index (χ1n) is 7.74. The van der Waals surface area contributed by atoms with Crippen LogP contribution in [-0.4, -0.2) is 22.0 Å². The molecule has 1 N–H and O–H groups in total. The number of piperidine rings is 1. The summed E-state index contributed by atoms with van der Waals surface area (Å²) in [5.41, 5.74) is 1.77. The molecule has 1 aliphatic heterocycles. The zero-order valence-electron chi connectivity index (χ0n) is 12.1. The molecule has 1 saturated carbocycles. The van der Waals surface area contributed by atoms with E-state index in [1.165, 1.54) is 32.1 Å². The van der Waals surface area contributed by atoms with Gasteiger partial charge in [-0.05, 0) is 31.3 Å². The Balaban J connectivity index is 1.74. The third-order valence-corrected chi connectivity index (χ3v) is 4.41. The largest absolute Gasteiger partial charge is 0.352 e. The smallest absolute Gasteiger partial charge is 0.247 e. The van der Waals surface area contributed by atoms with Gasteiger partial charge in [-0.25, -0.2) is 4.98 Å². The van der Waals surface area contributed by atoms with Crippen LogP contribution in [0.1, 0.15) is 57.2 Å². The lowest BCUT2D eigenvalue weighted by Crippen LogP contribution is -2.35. The van der Waals surface area contributed by atoms with E-state index >= 15 is 0 Å². The van der Waals surface area contributed by atoms with Gasteiger partial charge in [-0.2, -0.15) is 0 Å². The fourth-order valence-corrected chi connectivity index (χ4v) is 3.23. The van der Waals surface area contributed by atoms with Crippen molar-refractivity contribution in [3.8, 4) is 0 Å². The predicted octanol–water partition coefficient (Wildman–Crippen LogP) is 2.93. The Bertz CT molecular complexity index is 512. The SMILES string of the molecule is C[C@H]1CNC(=O)/C(=C/c2cn(C3CCCCC3)cn2)C1. The average molecular weight is 273 g/mol. The van der Waals surface area contributed by atoms with Gasteiger partial charge in [-0.15, -0.1) is 0 Å². The van der Waals surface area contributed by atoms with Crippen LogP contribution in [0.2, 0.25) is 0 Å². The quantitative estimate of drug-likeness (QED) is 0.842. The molecule has 1 amide bonds. The Morgan fingerprint density at radius 3 is 2.95 bits per heavy atom. The van der Waals surface area contributed by atoms with E-state index in [2.05, 4.69) is 28.0 Å². The minimum atomic E-state index is 0.0651. The molecule has 3 rings (SSSR count). The lowest BCUT2D eigenvalue weighted by atomic mass is 9.95. The molecule has 0 unspecified atom stereocenters. The van der Waals surface area contributed by atoms with Crippen molar-refractivity contribution in [1.29, 1.82) is 0 Å². The van der Waals surface area contributed by atoms with Crippen LogP contribution in [0.15, 0.2) is 18.1 Å². The standard InChI is InChI=1S/C16H23N3O/c1-12-7-13(16(20)17-9-12)8-14-10-19(11-18-14)15-5-3-2-4-6-15/h8,10-12,15H,2-7,9H2,1H3,(H,17,20)/b13-8+/t12-/m1/s1. The number of carbonyl (C=O) groups excluding carboxylic acids is 1. The summed E-state index contributed by atoms with van der Waals surface area (Å²) >= 11 is 0. The van der Waals surface area contributed by atoms with Gasteiger partial charge in [0.1, 0.15) is 0 Å². The highest BCUT2D eigenvalue weighted by Crippen LogP contribution is 2.28. The fraction of sp³-hybridized carbons (Fsp3) is 0.625. The number of carbonyl (C=O) groups is 1. The zero-order valence-corrected chi connectivity index (χ0v) is 12.1. The number of hydrogen-bond donors (Lipinski definition) is 1. The third kappa shape index (κ3) is 2.94. The lowest BCUT2D eigenvalue weighted by Gasteiger charge is -2.22. The maximum absolute atomic E-state index is 11.8. The van der Waals surface area contributed by atoms with E-state index in [1.54, 1.807) is 0 Å². The van der Waals surface area contributed by atoms with E-state index in [0.29, 0.717) is 12.0 Å². The summed E-state index contributed by atoms with van der Waals surface area (Å²) in [7, 11) is 0. The van der Waals surface area contributed by atoms with E-state index in [0.717, 1.165) is 24.2 Å². The molecule has 1 aliphatic carbocycles. The van der Waals surface area contributed by atoms with Crippen LogP contribution in [0.3, 0.4) is 0 Å². The number of aromatic nitrogens is 2. The van der Waals surface area contributed by atoms with Gasteiger partial charge in [-0.3, -0.25) is 4.79 Å². The summed E-state index contributed by atoms with van der Waals surface area (Å²) in [5.74, 6) is 0.578. The second kappa shape index (κ2) is 5.81. The van der Waals surface area contributed by atoms with Gasteiger partial charge in [0, 0.05) is 24.4 Å². The molecule has 1 atom stereocenters. The van der Waals surface area contributed by atoms with Crippen molar-refractivity contribution >= 4 is 12.0 Å². The molecule has 1 saturated heterocycles. The number of hydrogen-bond acceptors (Lipinski definition) is 2. The van der Waals surface area contributed by atoms with E-state index in [1.807, 2.05) is 12.4 Å². The summed E-state index contributed by atoms with van der Waals surface area (Å²) < 4.78 is 2.23. The summed E-state index contributed by atoms with van der Waals surface area (Å²) in [5, 5.41) is 2.93. The van der Waals surface area contributed by atoms with Gasteiger partial charge < -0.3 is 9.88 Å². The lowest BCUT2D eigenvalue weighted by molar-refractivity contribution is -0.118. The van der Waals surface area contributed by atoms with Gasteiger partial charge in [0.2, 0.25) is 5.91 Å². The second-order valence-corrected chi connectivity index (χ2v) is 6.23. The molecule has 4 nitrogen and oxygen atoms in total. The Hall–Kier alpha value is -1.58. The maximum Gasteiger partial charge on any atom is 0.247 e. The molecule has 4 heteroatoms. The molecule has 20 heavy (non-hydrogen) atoms. The van der Waals surface area contributed by atoms with Gasteiger partial charge in [-0.1, -0.05) is 26.2 Å². The third-order valence-electron chi connectivity index (χ3n) is 4.41. The number of imidazole rings is 1. The number of rotatable bonds is 2. The highest BCUT2D eigenvalue weighted by molar-refractivity contribution is 5.98. The fourth-order valence-electron chi connectivity index (χ4n) is 3.23. The summed E-state index contributed by atoms with van der Waals surface area (Å²) in [6.45, 7) is 2.95. The maximum atomic E-state index is 11.8. The zero-order chi connectivity index (χ0) is 13.9. The van der Waals surface area contributed by atoms with Gasteiger partial charge in [0.25, 0.3) is 0 Å². The Labute approximate surface area is 120 Å². The molecule has 0 spiro atoms. The van der Waals surface area contributed by atoms with Crippen LogP contribution in [0.5, 0.6) is 0 Å². The highest BCUT2D eigenvalue weighted by Gasteiger charge is 2.20. The molecular weight excluding hydrogens is 250 g/mol. The summed E-state index contributed by atoms with van der Waals surface area (Å²) in [6.07, 6.45) is 13.3. The second-order valence-electron chi connectivity index (χ2n) is 6.23. The summed E-state index contributed by atoms with van der Waals surface area (Å²) in [6, 6.07) is 0.600. The molecule has 1 aromatic heterocycles. The van der Waals surface area contributed by atoms with Crippen LogP contribution in [0.4, 0.5) is 0 Å². The van der Waals surface area contributed by atoms with E-state index in [9.17, 15) is 4.79 Å². The van der Waals surface area contributed by atoms with E-state index < -0.39 is 0 Å². The highest BCUT2D eigenvalue weighted by atomic mass is 16.1. The molecule has 2 fully saturated rings. The van der Waals surface area contributed by atoms with Crippen LogP contribution in [0.25, 0.3) is 6.08 Å². The van der Waals surface area contributed by atoms with Crippen molar-refractivity contribution < 1.29 is 4.79 Å². The first-order valence-corrected chi connectivity index (χ1v) is 7.74. The van der Waals surface area contributed by atoms with Gasteiger partial charge in [0.05, 0.1) is 12.0 Å². The molecule has 2 aliphatic rings. The topological polar surface area (TPSA) is 46.9 Å². The first-order chi connectivity index (χ1) is 9.72. The van der Waals surface area contributed by atoms with Gasteiger partial charge in [0.15, 0.2) is 0 Å². The van der Waals surface area contributed by atoms with Crippen LogP contribution >= 0.6 is 0 Å². The molecule has 0 aromatic carbocycles. The number of amides is 1. The Morgan fingerprint density at radius 1 is 1.35 bits per heavy atom. The molecular formula is C16H23N3O. The van der Waals surface area contributed by atoms with Crippen molar-refractivity contribution in [2.45, 2.75) is 51.5 Å². The van der Waals surface area contributed by atoms with Crippen molar-refractivity contribution in [2.24, 2.45) is 5.92 Å². The Kier molecular flexibility index (Phi) is 3.90. The van der Waals surface area contributed by atoms with Crippen LogP contribution < -0.4 is 5.32 Å². The molecule has 0 bridgehead atoms. The number of nitrogens with one attached hydrogen (secondary N) is 1. The van der Waals surface area contributed by atoms with E-state index in [-0.39, 0.29) is 5.91 Å². The molecule has 1 aromatic rings. The first kappa shape index (κ1) is 13.4. The molecule has 108 valence electrons. The minimum Gasteiger partial charge on any atom is -0.352 e. The number of nitrogens with zero attached hydrogens (tertiary/aromatic N) is 2. The van der Waals surface area contributed by atoms with Crippen molar-refractivity contribution in [2.75, 3.05) is 6.54 Å². The summed E-state index contributed by atoms with van der Waals surface area (Å²) in [4.78, 5) is 16.3. The molecule has 0 radical (unpaired) electrons. The van der Waals surface area contributed by atoms with Crippen LogP contribution in [-0.2, 0) is 4.79 Å². The molecule has 2 heterocycles. The van der Waals surface area contributed by atoms with Crippen molar-refractivity contribution in [3.05, 3.63) is 23.8 Å². The monoisotopic (exact) mass is 273 g/mol. The normalized spacial score (nSPS) is 26.8. The Morgan fingerprint density at radius 2 is 2.15 bits per heavy atom. The van der Waals surface area contributed by atoms with E-state index in [4.69, 9.17) is 0 Å². The van der Waals surface area contributed by atoms with Gasteiger partial charge >= 0.3 is 0 Å².